The van der Waals surface area contributed by atoms with E-state index < -0.39 is 0 Å². The van der Waals surface area contributed by atoms with Crippen LogP contribution < -0.4 is 5.32 Å². The second-order valence-electron chi connectivity index (χ2n) is 8.89. The van der Waals surface area contributed by atoms with E-state index in [1.807, 2.05) is 0 Å². The van der Waals surface area contributed by atoms with E-state index in [0.717, 1.165) is 6.42 Å². The standard InChI is InChI=1S/C25H54N2O3/c1-3-4-5-6-7-8-9-10-11-12-13-14-15-16-17-25(26-18-21-28)24(2)27(19-22-29)20-23-30/h24-26,28-30H,3-23H2,1-2H3. The molecule has 4 N–H and O–H groups in total. The zero-order valence-electron chi connectivity index (χ0n) is 20.3. The summed E-state index contributed by atoms with van der Waals surface area (Å²) < 4.78 is 0. The molecule has 0 aromatic heterocycles. The lowest BCUT2D eigenvalue weighted by atomic mass is 9.99. The van der Waals surface area contributed by atoms with Gasteiger partial charge in [0.2, 0.25) is 0 Å². The average molecular weight is 431 g/mol. The molecule has 30 heavy (non-hydrogen) atoms. The van der Waals surface area contributed by atoms with Gasteiger partial charge in [-0.25, -0.2) is 0 Å². The van der Waals surface area contributed by atoms with Crippen molar-refractivity contribution in [3.8, 4) is 0 Å². The Morgan fingerprint density at radius 2 is 1.07 bits per heavy atom. The van der Waals surface area contributed by atoms with Gasteiger partial charge in [0.05, 0.1) is 19.8 Å². The quantitative estimate of drug-likeness (QED) is 0.170. The molecule has 2 atom stereocenters. The third-order valence-corrected chi connectivity index (χ3v) is 6.32. The predicted molar refractivity (Wildman–Crippen MR) is 129 cm³/mol. The van der Waals surface area contributed by atoms with Gasteiger partial charge in [-0.05, 0) is 13.3 Å². The molecule has 0 saturated heterocycles. The van der Waals surface area contributed by atoms with Gasteiger partial charge >= 0.3 is 0 Å². The SMILES string of the molecule is CCCCCCCCCCCCCCCCC(NCCO)C(C)N(CCO)CCO. The van der Waals surface area contributed by atoms with Crippen molar-refractivity contribution < 1.29 is 15.3 Å². The van der Waals surface area contributed by atoms with Crippen LogP contribution in [0.25, 0.3) is 0 Å². The summed E-state index contributed by atoms with van der Waals surface area (Å²) in [5.74, 6) is 0. The van der Waals surface area contributed by atoms with Gasteiger partial charge in [0.25, 0.3) is 0 Å². The van der Waals surface area contributed by atoms with Crippen LogP contribution in [0.1, 0.15) is 110 Å². The van der Waals surface area contributed by atoms with Crippen LogP contribution in [-0.2, 0) is 0 Å². The Hall–Kier alpha value is -0.200. The number of unbranched alkanes of at least 4 members (excludes halogenated alkanes) is 13. The zero-order chi connectivity index (χ0) is 22.3. The van der Waals surface area contributed by atoms with Crippen LogP contribution in [0.5, 0.6) is 0 Å². The van der Waals surface area contributed by atoms with Crippen molar-refractivity contribution in [2.24, 2.45) is 0 Å². The first-order valence-corrected chi connectivity index (χ1v) is 13.0. The van der Waals surface area contributed by atoms with E-state index in [4.69, 9.17) is 0 Å². The van der Waals surface area contributed by atoms with E-state index in [0.29, 0.717) is 19.6 Å². The van der Waals surface area contributed by atoms with Crippen LogP contribution in [-0.4, -0.2) is 71.8 Å². The molecule has 5 nitrogen and oxygen atoms in total. The fraction of sp³-hybridized carbons (Fsp3) is 1.00. The molecule has 2 unspecified atom stereocenters. The van der Waals surface area contributed by atoms with Crippen molar-refractivity contribution in [3.63, 3.8) is 0 Å². The Balaban J connectivity index is 3.80. The molecule has 0 aliphatic carbocycles. The summed E-state index contributed by atoms with van der Waals surface area (Å²) in [7, 11) is 0. The minimum absolute atomic E-state index is 0.107. The number of aliphatic hydroxyl groups excluding tert-OH is 3. The largest absolute Gasteiger partial charge is 0.395 e. The molecule has 0 radical (unpaired) electrons. The lowest BCUT2D eigenvalue weighted by molar-refractivity contribution is 0.104. The molecular formula is C25H54N2O3. The number of rotatable bonds is 24. The molecule has 0 aliphatic heterocycles. The topological polar surface area (TPSA) is 76.0 Å². The highest BCUT2D eigenvalue weighted by atomic mass is 16.3. The minimum Gasteiger partial charge on any atom is -0.395 e. The van der Waals surface area contributed by atoms with Crippen LogP contribution in [0.4, 0.5) is 0 Å². The van der Waals surface area contributed by atoms with Crippen molar-refractivity contribution in [1.82, 2.24) is 10.2 Å². The first kappa shape index (κ1) is 29.8. The van der Waals surface area contributed by atoms with E-state index in [-0.39, 0.29) is 31.9 Å². The van der Waals surface area contributed by atoms with E-state index in [9.17, 15) is 15.3 Å². The molecule has 0 aromatic carbocycles. The van der Waals surface area contributed by atoms with Crippen molar-refractivity contribution in [2.75, 3.05) is 39.5 Å². The maximum absolute atomic E-state index is 9.29. The van der Waals surface area contributed by atoms with Crippen LogP contribution >= 0.6 is 0 Å². The second kappa shape index (κ2) is 23.5. The van der Waals surface area contributed by atoms with Crippen molar-refractivity contribution in [2.45, 2.75) is 122 Å². The summed E-state index contributed by atoms with van der Waals surface area (Å²) in [6, 6.07) is 0.519. The van der Waals surface area contributed by atoms with Gasteiger partial charge in [-0.1, -0.05) is 96.8 Å². The summed E-state index contributed by atoms with van der Waals surface area (Å²) in [5, 5.41) is 31.2. The first-order chi connectivity index (χ1) is 14.7. The number of hydrogen-bond acceptors (Lipinski definition) is 5. The minimum atomic E-state index is 0.107. The highest BCUT2D eigenvalue weighted by Gasteiger charge is 2.22. The molecule has 0 aliphatic rings. The molecule has 0 saturated carbocycles. The second-order valence-corrected chi connectivity index (χ2v) is 8.89. The first-order valence-electron chi connectivity index (χ1n) is 13.0. The molecule has 0 heterocycles. The molecule has 0 fully saturated rings. The highest BCUT2D eigenvalue weighted by Crippen LogP contribution is 2.15. The van der Waals surface area contributed by atoms with Crippen molar-refractivity contribution in [1.29, 1.82) is 0 Å². The van der Waals surface area contributed by atoms with Gasteiger partial charge in [-0.3, -0.25) is 4.90 Å². The maximum atomic E-state index is 9.29. The molecule has 0 rings (SSSR count). The van der Waals surface area contributed by atoms with Crippen molar-refractivity contribution >= 4 is 0 Å². The van der Waals surface area contributed by atoms with E-state index in [1.165, 1.54) is 89.9 Å². The maximum Gasteiger partial charge on any atom is 0.0558 e. The Morgan fingerprint density at radius 1 is 0.633 bits per heavy atom. The molecule has 182 valence electrons. The van der Waals surface area contributed by atoms with Crippen LogP contribution in [0.15, 0.2) is 0 Å². The van der Waals surface area contributed by atoms with Gasteiger partial charge in [0.15, 0.2) is 0 Å². The third-order valence-electron chi connectivity index (χ3n) is 6.32. The van der Waals surface area contributed by atoms with Crippen LogP contribution in [0, 0.1) is 0 Å². The molecule has 0 bridgehead atoms. The summed E-state index contributed by atoms with van der Waals surface area (Å²) in [5.41, 5.74) is 0. The monoisotopic (exact) mass is 430 g/mol. The van der Waals surface area contributed by atoms with Crippen molar-refractivity contribution in [3.05, 3.63) is 0 Å². The molecular weight excluding hydrogens is 376 g/mol. The summed E-state index contributed by atoms with van der Waals surface area (Å²) in [6.45, 7) is 6.55. The Labute approximate surface area is 187 Å². The summed E-state index contributed by atoms with van der Waals surface area (Å²) >= 11 is 0. The number of hydrogen-bond donors (Lipinski definition) is 4. The lowest BCUT2D eigenvalue weighted by Crippen LogP contribution is -2.50. The zero-order valence-corrected chi connectivity index (χ0v) is 20.3. The third kappa shape index (κ3) is 17.5. The fourth-order valence-electron chi connectivity index (χ4n) is 4.35. The van der Waals surface area contributed by atoms with Crippen LogP contribution in [0.3, 0.4) is 0 Å². The lowest BCUT2D eigenvalue weighted by Gasteiger charge is -2.34. The molecule has 0 spiro atoms. The fourth-order valence-corrected chi connectivity index (χ4v) is 4.35. The molecule has 0 amide bonds. The average Bonchev–Trinajstić information content (AvgIpc) is 2.75. The van der Waals surface area contributed by atoms with E-state index in [1.54, 1.807) is 0 Å². The number of nitrogens with one attached hydrogen (secondary N) is 1. The van der Waals surface area contributed by atoms with Gasteiger partial charge in [-0.15, -0.1) is 0 Å². The van der Waals surface area contributed by atoms with E-state index >= 15 is 0 Å². The Morgan fingerprint density at radius 3 is 1.47 bits per heavy atom. The van der Waals surface area contributed by atoms with Gasteiger partial charge in [-0.2, -0.15) is 0 Å². The normalized spacial score (nSPS) is 13.8. The summed E-state index contributed by atoms with van der Waals surface area (Å²) in [6.07, 6.45) is 20.2. The molecule has 0 aromatic rings. The predicted octanol–water partition coefficient (Wildman–Crippen LogP) is 4.48. The van der Waals surface area contributed by atoms with Gasteiger partial charge < -0.3 is 20.6 Å². The number of aliphatic hydroxyl groups is 3. The summed E-state index contributed by atoms with van der Waals surface area (Å²) in [4.78, 5) is 2.14. The molecule has 5 heteroatoms. The number of nitrogens with zero attached hydrogens (tertiary/aromatic N) is 1. The van der Waals surface area contributed by atoms with Gasteiger partial charge in [0, 0.05) is 31.7 Å². The van der Waals surface area contributed by atoms with Crippen LogP contribution in [0.2, 0.25) is 0 Å². The Bertz CT molecular complexity index is 326. The highest BCUT2D eigenvalue weighted by molar-refractivity contribution is 4.81. The van der Waals surface area contributed by atoms with Gasteiger partial charge in [0.1, 0.15) is 0 Å². The van der Waals surface area contributed by atoms with E-state index in [2.05, 4.69) is 24.1 Å². The smallest absolute Gasteiger partial charge is 0.0558 e. The Kier molecular flexibility index (Phi) is 23.3.